The van der Waals surface area contributed by atoms with Crippen LogP contribution in [0.5, 0.6) is 0 Å². The van der Waals surface area contributed by atoms with E-state index in [2.05, 4.69) is 0 Å². The Morgan fingerprint density at radius 2 is 1.52 bits per heavy atom. The molecule has 0 spiro atoms. The minimum Gasteiger partial charge on any atom is -0.381 e. The highest BCUT2D eigenvalue weighted by Gasteiger charge is 2.42. The minimum atomic E-state index is -5.63. The van der Waals surface area contributed by atoms with E-state index in [1.54, 1.807) is 12.2 Å². The third-order valence-corrected chi connectivity index (χ3v) is 4.10. The summed E-state index contributed by atoms with van der Waals surface area (Å²) in [5.41, 5.74) is -4.82. The molecule has 0 atom stereocenters. The number of hydrogen-bond acceptors (Lipinski definition) is 2. The molecule has 0 saturated carbocycles. The van der Waals surface area contributed by atoms with E-state index in [4.69, 9.17) is 4.74 Å². The maximum absolute atomic E-state index is 13.8. The lowest BCUT2D eigenvalue weighted by molar-refractivity contribution is -0.143. The molecule has 10 heteroatoms. The minimum absolute atomic E-state index is 0.237. The average molecular weight is 373 g/mol. The van der Waals surface area contributed by atoms with Crippen LogP contribution in [0.4, 0.5) is 36.4 Å². The number of rotatable bonds is 3. The number of carbonyl (C=O) groups is 1. The largest absolute Gasteiger partial charge is 0.422 e. The smallest absolute Gasteiger partial charge is 0.381 e. The van der Waals surface area contributed by atoms with Crippen molar-refractivity contribution in [3.8, 4) is 0 Å². The highest BCUT2D eigenvalue weighted by molar-refractivity contribution is 5.91. The van der Waals surface area contributed by atoms with Crippen molar-refractivity contribution in [2.45, 2.75) is 32.4 Å². The average Bonchev–Trinajstić information content (AvgIpc) is 2.48. The van der Waals surface area contributed by atoms with Crippen molar-refractivity contribution >= 4 is 11.6 Å². The van der Waals surface area contributed by atoms with Gasteiger partial charge in [0.25, 0.3) is 0 Å². The molecule has 1 fully saturated rings. The van der Waals surface area contributed by atoms with Gasteiger partial charge in [0.1, 0.15) is 11.3 Å². The number of anilines is 1. The van der Waals surface area contributed by atoms with Crippen molar-refractivity contribution in [1.82, 2.24) is 0 Å². The van der Waals surface area contributed by atoms with E-state index in [-0.39, 0.29) is 6.42 Å². The predicted octanol–water partition coefficient (Wildman–Crippen LogP) is 4.41. The first kappa shape index (κ1) is 19.5. The Morgan fingerprint density at radius 3 is 1.96 bits per heavy atom. The molecular formula is C15H14F7NO2. The van der Waals surface area contributed by atoms with E-state index in [1.165, 1.54) is 0 Å². The molecule has 1 saturated heterocycles. The zero-order valence-corrected chi connectivity index (χ0v) is 13.0. The number of carbonyl (C=O) groups excluding carboxylic acids is 1. The molecule has 0 unspecified atom stereocenters. The number of amides is 1. The number of halogens is 7. The van der Waals surface area contributed by atoms with Gasteiger partial charge in [-0.25, -0.2) is 17.6 Å². The van der Waals surface area contributed by atoms with Crippen LogP contribution in [0.25, 0.3) is 0 Å². The summed E-state index contributed by atoms with van der Waals surface area (Å²) in [6, 6.07) is 0. The van der Waals surface area contributed by atoms with Crippen LogP contribution in [-0.2, 0) is 15.7 Å². The summed E-state index contributed by atoms with van der Waals surface area (Å²) >= 11 is 0. The van der Waals surface area contributed by atoms with Gasteiger partial charge in [-0.3, -0.25) is 4.79 Å². The molecule has 3 nitrogen and oxygen atoms in total. The lowest BCUT2D eigenvalue weighted by Crippen LogP contribution is -2.31. The van der Waals surface area contributed by atoms with Crippen LogP contribution in [0.1, 0.15) is 31.7 Å². The van der Waals surface area contributed by atoms with Crippen molar-refractivity contribution in [3.05, 3.63) is 28.8 Å². The van der Waals surface area contributed by atoms with Crippen LogP contribution in [0.3, 0.4) is 0 Å². The Bertz CT molecular complexity index is 652. The van der Waals surface area contributed by atoms with Gasteiger partial charge in [-0.15, -0.1) is 0 Å². The van der Waals surface area contributed by atoms with Gasteiger partial charge >= 0.3 is 6.18 Å². The second kappa shape index (κ2) is 6.81. The highest BCUT2D eigenvalue weighted by Crippen LogP contribution is 2.39. The maximum atomic E-state index is 13.8. The molecular weight excluding hydrogens is 359 g/mol. The molecule has 0 aromatic heterocycles. The Labute approximate surface area is 138 Å². The predicted molar refractivity (Wildman–Crippen MR) is 72.7 cm³/mol. The third kappa shape index (κ3) is 4.05. The van der Waals surface area contributed by atoms with Gasteiger partial charge in [0.2, 0.25) is 5.91 Å². The number of alkyl halides is 3. The summed E-state index contributed by atoms with van der Waals surface area (Å²) in [4.78, 5) is 11.9. The summed E-state index contributed by atoms with van der Waals surface area (Å²) in [7, 11) is 0. The van der Waals surface area contributed by atoms with Gasteiger partial charge in [0.15, 0.2) is 23.3 Å². The molecule has 1 aromatic rings. The number of nitrogens with one attached hydrogen (secondary N) is 1. The van der Waals surface area contributed by atoms with Gasteiger partial charge in [-0.1, -0.05) is 6.92 Å². The SMILES string of the molecule is CC1(CC(=O)Nc2c(F)c(F)c(C(F)(F)F)c(F)c2F)CCOCC1. The van der Waals surface area contributed by atoms with Crippen molar-refractivity contribution in [1.29, 1.82) is 0 Å². The van der Waals surface area contributed by atoms with E-state index < -0.39 is 52.0 Å². The van der Waals surface area contributed by atoms with Gasteiger partial charge < -0.3 is 10.1 Å². The van der Waals surface area contributed by atoms with Crippen LogP contribution in [0.15, 0.2) is 0 Å². The molecule has 2 rings (SSSR count). The van der Waals surface area contributed by atoms with Gasteiger partial charge in [0.05, 0.1) is 0 Å². The molecule has 0 radical (unpaired) electrons. The Hall–Kier alpha value is -1.84. The fraction of sp³-hybridized carbons (Fsp3) is 0.533. The molecule has 0 bridgehead atoms. The molecule has 1 aromatic carbocycles. The maximum Gasteiger partial charge on any atom is 0.422 e. The number of benzene rings is 1. The Balaban J connectivity index is 2.29. The molecule has 1 aliphatic rings. The lowest BCUT2D eigenvalue weighted by Gasteiger charge is -2.32. The second-order valence-corrected chi connectivity index (χ2v) is 6.15. The standard InChI is InChI=1S/C15H14F7NO2/c1-14(2-4-25-5-3-14)6-7(24)23-13-11(18)9(16)8(15(20,21)22)10(17)12(13)19/h2-6H2,1H3,(H,23,24). The van der Waals surface area contributed by atoms with Crippen molar-refractivity contribution in [2.75, 3.05) is 18.5 Å². The van der Waals surface area contributed by atoms with E-state index in [1.807, 2.05) is 0 Å². The van der Waals surface area contributed by atoms with Crippen molar-refractivity contribution < 1.29 is 40.3 Å². The topological polar surface area (TPSA) is 38.3 Å². The Kier molecular flexibility index (Phi) is 5.31. The Morgan fingerprint density at radius 1 is 1.04 bits per heavy atom. The quantitative estimate of drug-likeness (QED) is 0.630. The third-order valence-electron chi connectivity index (χ3n) is 4.10. The monoisotopic (exact) mass is 373 g/mol. The first-order chi connectivity index (χ1) is 11.5. The second-order valence-electron chi connectivity index (χ2n) is 6.15. The van der Waals surface area contributed by atoms with Crippen molar-refractivity contribution in [2.24, 2.45) is 5.41 Å². The van der Waals surface area contributed by atoms with E-state index >= 15 is 0 Å². The molecule has 1 aliphatic heterocycles. The van der Waals surface area contributed by atoms with Crippen LogP contribution < -0.4 is 5.32 Å². The number of hydrogen-bond donors (Lipinski definition) is 1. The fourth-order valence-electron chi connectivity index (χ4n) is 2.60. The molecule has 1 amide bonds. The first-order valence-electron chi connectivity index (χ1n) is 7.27. The molecule has 140 valence electrons. The lowest BCUT2D eigenvalue weighted by atomic mass is 9.79. The van der Waals surface area contributed by atoms with E-state index in [0.29, 0.717) is 26.1 Å². The molecule has 0 aliphatic carbocycles. The van der Waals surface area contributed by atoms with Crippen LogP contribution in [0.2, 0.25) is 0 Å². The van der Waals surface area contributed by atoms with E-state index in [0.717, 1.165) is 0 Å². The first-order valence-corrected chi connectivity index (χ1v) is 7.27. The normalized spacial score (nSPS) is 17.4. The summed E-state index contributed by atoms with van der Waals surface area (Å²) in [5.74, 6) is -10.8. The molecule has 1 heterocycles. The summed E-state index contributed by atoms with van der Waals surface area (Å²) < 4.78 is 97.2. The van der Waals surface area contributed by atoms with Crippen molar-refractivity contribution in [3.63, 3.8) is 0 Å². The molecule has 1 N–H and O–H groups in total. The summed E-state index contributed by atoms with van der Waals surface area (Å²) in [6.45, 7) is 2.46. The molecule has 25 heavy (non-hydrogen) atoms. The van der Waals surface area contributed by atoms with Crippen LogP contribution in [-0.4, -0.2) is 19.1 Å². The van der Waals surface area contributed by atoms with Crippen LogP contribution in [0, 0.1) is 28.7 Å². The fourth-order valence-corrected chi connectivity index (χ4v) is 2.60. The van der Waals surface area contributed by atoms with Crippen LogP contribution >= 0.6 is 0 Å². The zero-order valence-electron chi connectivity index (χ0n) is 13.0. The highest BCUT2D eigenvalue weighted by atomic mass is 19.4. The summed E-state index contributed by atoms with van der Waals surface area (Å²) in [6.07, 6.45) is -4.92. The van der Waals surface area contributed by atoms with Gasteiger partial charge in [-0.2, -0.15) is 13.2 Å². The summed E-state index contributed by atoms with van der Waals surface area (Å²) in [5, 5.41) is 1.63. The number of ether oxygens (including phenoxy) is 1. The van der Waals surface area contributed by atoms with Gasteiger partial charge in [0, 0.05) is 19.6 Å². The van der Waals surface area contributed by atoms with E-state index in [9.17, 15) is 35.5 Å². The van der Waals surface area contributed by atoms with Gasteiger partial charge in [-0.05, 0) is 18.3 Å². The zero-order chi connectivity index (χ0) is 19.0.